The first-order valence-corrected chi connectivity index (χ1v) is 11.4. The third kappa shape index (κ3) is 10.3. The molecule has 0 unspecified atom stereocenters. The molecule has 1 aromatic carbocycles. The van der Waals surface area contributed by atoms with Gasteiger partial charge in [-0.3, -0.25) is 4.79 Å². The highest BCUT2D eigenvalue weighted by molar-refractivity contribution is 5.69. The molecule has 0 amide bonds. The summed E-state index contributed by atoms with van der Waals surface area (Å²) in [4.78, 5) is 11.7. The first-order valence-electron chi connectivity index (χ1n) is 11.4. The highest BCUT2D eigenvalue weighted by Gasteiger charge is 2.23. The molecule has 0 spiro atoms. The van der Waals surface area contributed by atoms with Crippen LogP contribution >= 0.6 is 0 Å². The molecule has 0 atom stereocenters. The normalized spacial score (nSPS) is 11.9. The summed E-state index contributed by atoms with van der Waals surface area (Å²) in [5.41, 5.74) is -1.65. The fourth-order valence-electron chi connectivity index (χ4n) is 3.00. The molecule has 0 saturated carbocycles. The molecule has 0 heterocycles. The minimum Gasteiger partial charge on any atom is -0.461 e. The van der Waals surface area contributed by atoms with Gasteiger partial charge in [-0.1, -0.05) is 75.5 Å². The number of allylic oxidation sites excluding steroid dienone is 6. The molecule has 6 heteroatoms. The summed E-state index contributed by atoms with van der Waals surface area (Å²) < 4.78 is 59.4. The van der Waals surface area contributed by atoms with Gasteiger partial charge in [-0.25, -0.2) is 17.6 Å². The molecule has 178 valence electrons. The number of carbonyl (C=O) groups excluding carboxylic acids is 1. The lowest BCUT2D eigenvalue weighted by atomic mass is 10.1. The lowest BCUT2D eigenvalue weighted by Crippen LogP contribution is -2.11. The van der Waals surface area contributed by atoms with Gasteiger partial charge in [-0.15, -0.1) is 0 Å². The van der Waals surface area contributed by atoms with Crippen LogP contribution < -0.4 is 0 Å². The average molecular weight is 455 g/mol. The van der Waals surface area contributed by atoms with Crippen LogP contribution in [0.2, 0.25) is 0 Å². The number of hydrogen-bond acceptors (Lipinski definition) is 2. The fraction of sp³-hybridized carbons (Fsp3) is 0.500. The molecule has 0 saturated heterocycles. The molecule has 0 N–H and O–H groups in total. The van der Waals surface area contributed by atoms with Crippen molar-refractivity contribution in [2.24, 2.45) is 0 Å². The summed E-state index contributed by atoms with van der Waals surface area (Å²) in [5, 5.41) is 0. The Morgan fingerprint density at radius 1 is 0.750 bits per heavy atom. The maximum absolute atomic E-state index is 13.8. The van der Waals surface area contributed by atoms with Crippen molar-refractivity contribution in [1.82, 2.24) is 0 Å². The van der Waals surface area contributed by atoms with Crippen molar-refractivity contribution in [3.05, 3.63) is 70.9 Å². The largest absolute Gasteiger partial charge is 0.461 e. The Kier molecular flexibility index (Phi) is 14.1. The van der Waals surface area contributed by atoms with E-state index in [1.807, 2.05) is 18.2 Å². The molecule has 1 aromatic rings. The first kappa shape index (κ1) is 27.7. The second-order valence-corrected chi connectivity index (χ2v) is 7.71. The number of benzene rings is 1. The Morgan fingerprint density at radius 2 is 1.28 bits per heavy atom. The smallest absolute Gasteiger partial charge is 0.306 e. The Balaban J connectivity index is 2.13. The van der Waals surface area contributed by atoms with Crippen molar-refractivity contribution >= 4 is 5.97 Å². The lowest BCUT2D eigenvalue weighted by Gasteiger charge is -2.10. The molecule has 0 bridgehead atoms. The molecular formula is C26H34F4O2. The summed E-state index contributed by atoms with van der Waals surface area (Å²) in [6.45, 7) is 2.28. The van der Waals surface area contributed by atoms with Gasteiger partial charge in [0.1, 0.15) is 6.61 Å². The summed E-state index contributed by atoms with van der Waals surface area (Å²) in [6, 6.07) is 0. The molecule has 1 rings (SSSR count). The first-order chi connectivity index (χ1) is 15.4. The zero-order valence-corrected chi connectivity index (χ0v) is 19.1. The average Bonchev–Trinajstić information content (AvgIpc) is 2.79. The van der Waals surface area contributed by atoms with Crippen LogP contribution in [0.4, 0.5) is 17.6 Å². The summed E-state index contributed by atoms with van der Waals surface area (Å²) in [7, 11) is 0. The second-order valence-electron chi connectivity index (χ2n) is 7.71. The van der Waals surface area contributed by atoms with Crippen LogP contribution in [0.1, 0.15) is 82.3 Å². The fourth-order valence-corrected chi connectivity index (χ4v) is 3.00. The molecule has 0 aliphatic heterocycles. The van der Waals surface area contributed by atoms with E-state index in [9.17, 15) is 22.4 Å². The number of carbonyl (C=O) groups is 1. The van der Waals surface area contributed by atoms with Crippen molar-refractivity contribution in [2.45, 2.75) is 84.7 Å². The predicted octanol–water partition coefficient (Wildman–Crippen LogP) is 8.18. The molecule has 32 heavy (non-hydrogen) atoms. The van der Waals surface area contributed by atoms with Crippen molar-refractivity contribution in [1.29, 1.82) is 0 Å². The van der Waals surface area contributed by atoms with E-state index in [-0.39, 0.29) is 6.42 Å². The van der Waals surface area contributed by atoms with Gasteiger partial charge >= 0.3 is 5.97 Å². The van der Waals surface area contributed by atoms with Crippen molar-refractivity contribution in [3.8, 4) is 0 Å². The zero-order chi connectivity index (χ0) is 23.8. The van der Waals surface area contributed by atoms with Gasteiger partial charge in [0.15, 0.2) is 23.3 Å². The van der Waals surface area contributed by atoms with Crippen LogP contribution in [0.25, 0.3) is 0 Å². The van der Waals surface area contributed by atoms with E-state index < -0.39 is 47.0 Å². The van der Waals surface area contributed by atoms with E-state index in [0.29, 0.717) is 6.42 Å². The van der Waals surface area contributed by atoms with E-state index in [1.165, 1.54) is 12.8 Å². The molecule has 0 aliphatic rings. The van der Waals surface area contributed by atoms with Gasteiger partial charge in [-0.05, 0) is 32.6 Å². The Morgan fingerprint density at radius 3 is 1.88 bits per heavy atom. The van der Waals surface area contributed by atoms with Crippen molar-refractivity contribution in [2.75, 3.05) is 0 Å². The monoisotopic (exact) mass is 454 g/mol. The van der Waals surface area contributed by atoms with Gasteiger partial charge in [0.25, 0.3) is 0 Å². The Bertz CT molecular complexity index is 769. The highest BCUT2D eigenvalue weighted by Crippen LogP contribution is 2.24. The van der Waals surface area contributed by atoms with Gasteiger partial charge in [0.2, 0.25) is 0 Å². The van der Waals surface area contributed by atoms with Crippen LogP contribution in [-0.2, 0) is 16.1 Å². The van der Waals surface area contributed by atoms with E-state index in [4.69, 9.17) is 4.74 Å². The molecule has 0 radical (unpaired) electrons. The third-order valence-corrected chi connectivity index (χ3v) is 5.03. The van der Waals surface area contributed by atoms with Crippen LogP contribution in [0.3, 0.4) is 0 Å². The Labute approximate surface area is 189 Å². The molecule has 0 aromatic heterocycles. The summed E-state index contributed by atoms with van der Waals surface area (Å²) in [6.07, 6.45) is 21.6. The number of esters is 1. The van der Waals surface area contributed by atoms with Gasteiger partial charge in [0, 0.05) is 12.0 Å². The summed E-state index contributed by atoms with van der Waals surface area (Å²) >= 11 is 0. The Hall–Kier alpha value is -2.37. The van der Waals surface area contributed by atoms with Crippen LogP contribution in [0.5, 0.6) is 0 Å². The van der Waals surface area contributed by atoms with E-state index >= 15 is 0 Å². The standard InChI is InChI=1S/C26H34F4O2/c1-3-4-5-6-7-8-9-10-11-12-13-14-15-16-17-18-22(31)32-19-21-25(29)23(27)20(2)24(28)26(21)30/h6-11H,3-5,12-19H2,1-2H3/b7-6+,9-8+,11-10-. The molecule has 0 aliphatic carbocycles. The van der Waals surface area contributed by atoms with Crippen LogP contribution in [-0.4, -0.2) is 5.97 Å². The maximum Gasteiger partial charge on any atom is 0.306 e. The minimum atomic E-state index is -1.53. The number of hydrogen-bond donors (Lipinski definition) is 0. The highest BCUT2D eigenvalue weighted by atomic mass is 19.2. The third-order valence-electron chi connectivity index (χ3n) is 5.03. The van der Waals surface area contributed by atoms with Gasteiger partial charge < -0.3 is 4.74 Å². The van der Waals surface area contributed by atoms with E-state index in [2.05, 4.69) is 25.2 Å². The maximum atomic E-state index is 13.8. The van der Waals surface area contributed by atoms with Crippen LogP contribution in [0, 0.1) is 30.2 Å². The quantitative estimate of drug-likeness (QED) is 0.0878. The molecule has 0 fully saturated rings. The minimum absolute atomic E-state index is 0.0938. The SMILES string of the molecule is CCCC/C=C/C=C/C=C\CCCCCCCC(=O)OCc1c(F)c(F)c(C)c(F)c1F. The topological polar surface area (TPSA) is 26.3 Å². The zero-order valence-electron chi connectivity index (χ0n) is 19.1. The summed E-state index contributed by atoms with van der Waals surface area (Å²) in [5.74, 6) is -6.65. The molecule has 2 nitrogen and oxygen atoms in total. The van der Waals surface area contributed by atoms with Gasteiger partial charge in [-0.2, -0.15) is 0 Å². The number of halogens is 4. The van der Waals surface area contributed by atoms with Crippen molar-refractivity contribution < 1.29 is 27.1 Å². The second kappa shape index (κ2) is 16.3. The lowest BCUT2D eigenvalue weighted by molar-refractivity contribution is -0.145. The number of ether oxygens (including phenoxy) is 1. The van der Waals surface area contributed by atoms with Crippen LogP contribution in [0.15, 0.2) is 36.5 Å². The van der Waals surface area contributed by atoms with E-state index in [1.54, 1.807) is 0 Å². The predicted molar refractivity (Wildman–Crippen MR) is 120 cm³/mol. The van der Waals surface area contributed by atoms with Crippen molar-refractivity contribution in [3.63, 3.8) is 0 Å². The number of unbranched alkanes of at least 4 members (excludes halogenated alkanes) is 7. The number of rotatable bonds is 15. The molecular weight excluding hydrogens is 420 g/mol. The van der Waals surface area contributed by atoms with E-state index in [0.717, 1.165) is 45.4 Å². The van der Waals surface area contributed by atoms with Gasteiger partial charge in [0.05, 0.1) is 5.56 Å².